The van der Waals surface area contributed by atoms with Crippen LogP contribution >= 0.6 is 24.0 Å². The highest BCUT2D eigenvalue weighted by Gasteiger charge is 2.21. The quantitative estimate of drug-likeness (QED) is 0.299. The van der Waals surface area contributed by atoms with E-state index in [2.05, 4.69) is 52.8 Å². The maximum Gasteiger partial charge on any atom is 0.227 e. The van der Waals surface area contributed by atoms with Gasteiger partial charge in [0.2, 0.25) is 5.91 Å². The van der Waals surface area contributed by atoms with Crippen LogP contribution < -0.4 is 20.3 Å². The number of para-hydroxylation sites is 1. The first-order chi connectivity index (χ1) is 15.0. The Bertz CT molecular complexity index is 902. The Morgan fingerprint density at radius 3 is 2.47 bits per heavy atom. The van der Waals surface area contributed by atoms with Gasteiger partial charge in [-0.1, -0.05) is 30.3 Å². The van der Waals surface area contributed by atoms with Crippen LogP contribution in [-0.2, 0) is 11.3 Å². The zero-order valence-electron chi connectivity index (χ0n) is 19.3. The number of hydrogen-bond acceptors (Lipinski definition) is 4. The third-order valence-corrected chi connectivity index (χ3v) is 5.59. The lowest BCUT2D eigenvalue weighted by atomic mass is 10.0. The maximum atomic E-state index is 11.9. The van der Waals surface area contributed by atoms with Gasteiger partial charge in [-0.15, -0.1) is 24.0 Å². The highest BCUT2D eigenvalue weighted by atomic mass is 127. The minimum absolute atomic E-state index is 0. The van der Waals surface area contributed by atoms with E-state index in [1.165, 1.54) is 0 Å². The molecule has 8 heteroatoms. The molecular formula is C24H34IN5O2. The molecule has 0 saturated carbocycles. The van der Waals surface area contributed by atoms with Crippen molar-refractivity contribution in [3.63, 3.8) is 0 Å². The lowest BCUT2D eigenvalue weighted by Crippen LogP contribution is -2.41. The maximum absolute atomic E-state index is 11.9. The number of aliphatic imine (C=N–C) groups is 1. The van der Waals surface area contributed by atoms with Gasteiger partial charge in [-0.3, -0.25) is 9.79 Å². The zero-order chi connectivity index (χ0) is 22.2. The predicted octanol–water partition coefficient (Wildman–Crippen LogP) is 3.41. The summed E-state index contributed by atoms with van der Waals surface area (Å²) >= 11 is 0. The first-order valence-corrected chi connectivity index (χ1v) is 10.7. The highest BCUT2D eigenvalue weighted by Crippen LogP contribution is 2.27. The fraction of sp³-hybridized carbons (Fsp3) is 0.417. The number of nitrogens with zero attached hydrogens (tertiary/aromatic N) is 3. The Labute approximate surface area is 208 Å². The molecule has 0 spiro atoms. The number of carbonyl (C=O) groups excluding carboxylic acids is 1. The van der Waals surface area contributed by atoms with Crippen molar-refractivity contribution < 1.29 is 9.53 Å². The van der Waals surface area contributed by atoms with Crippen LogP contribution in [0.5, 0.6) is 5.75 Å². The topological polar surface area (TPSA) is 69.2 Å². The molecule has 1 heterocycles. The summed E-state index contributed by atoms with van der Waals surface area (Å²) in [6.45, 7) is 2.14. The Hall–Kier alpha value is -2.33. The van der Waals surface area contributed by atoms with Gasteiger partial charge in [0.1, 0.15) is 5.75 Å². The number of rotatable bonds is 8. The number of likely N-dealkylation sites (N-methyl/N-ethyl adjacent to an activating group) is 1. The van der Waals surface area contributed by atoms with E-state index in [1.54, 1.807) is 14.2 Å². The monoisotopic (exact) mass is 551 g/mol. The number of hydrogen-bond donors (Lipinski definition) is 2. The normalized spacial score (nSPS) is 14.8. The second-order valence-corrected chi connectivity index (χ2v) is 7.84. The van der Waals surface area contributed by atoms with E-state index in [-0.39, 0.29) is 35.9 Å². The molecule has 0 aliphatic carbocycles. The molecule has 32 heavy (non-hydrogen) atoms. The molecule has 2 aromatic rings. The Balaban J connectivity index is 0.00000363. The van der Waals surface area contributed by atoms with Gasteiger partial charge in [0.15, 0.2) is 5.96 Å². The standard InChI is InChI=1S/C24H33N5O2.HI/c1-25-24(27-17-21(28(2)3)20-8-5-6-9-22(20)31-4)26-16-18-11-13-19(14-12-18)29-15-7-10-23(29)30;/h5-6,8-9,11-14,21H,7,10,15-17H2,1-4H3,(H2,25,26,27);1H. The van der Waals surface area contributed by atoms with Crippen molar-refractivity contribution >= 4 is 41.5 Å². The zero-order valence-corrected chi connectivity index (χ0v) is 21.6. The number of guanidine groups is 1. The first-order valence-electron chi connectivity index (χ1n) is 10.7. The summed E-state index contributed by atoms with van der Waals surface area (Å²) in [7, 11) is 7.58. The number of ether oxygens (including phenoxy) is 1. The summed E-state index contributed by atoms with van der Waals surface area (Å²) in [4.78, 5) is 20.3. The largest absolute Gasteiger partial charge is 0.496 e. The number of amides is 1. The van der Waals surface area contributed by atoms with Crippen molar-refractivity contribution in [3.05, 3.63) is 59.7 Å². The second-order valence-electron chi connectivity index (χ2n) is 7.84. The summed E-state index contributed by atoms with van der Waals surface area (Å²) in [6.07, 6.45) is 1.58. The minimum Gasteiger partial charge on any atom is -0.496 e. The van der Waals surface area contributed by atoms with Crippen molar-refractivity contribution in [1.29, 1.82) is 0 Å². The molecule has 1 fully saturated rings. The van der Waals surface area contributed by atoms with Gasteiger partial charge >= 0.3 is 0 Å². The minimum atomic E-state index is 0. The molecule has 1 atom stereocenters. The van der Waals surface area contributed by atoms with Crippen LogP contribution in [0.15, 0.2) is 53.5 Å². The van der Waals surface area contributed by atoms with E-state index in [9.17, 15) is 4.79 Å². The lowest BCUT2D eigenvalue weighted by molar-refractivity contribution is -0.117. The van der Waals surface area contributed by atoms with Gasteiger partial charge in [0.05, 0.1) is 13.2 Å². The smallest absolute Gasteiger partial charge is 0.227 e. The predicted molar refractivity (Wildman–Crippen MR) is 141 cm³/mol. The summed E-state index contributed by atoms with van der Waals surface area (Å²) in [6, 6.07) is 16.4. The summed E-state index contributed by atoms with van der Waals surface area (Å²) in [5.41, 5.74) is 3.23. The lowest BCUT2D eigenvalue weighted by Gasteiger charge is -2.27. The molecular weight excluding hydrogens is 517 g/mol. The van der Waals surface area contributed by atoms with Gasteiger partial charge in [-0.05, 0) is 44.3 Å². The van der Waals surface area contributed by atoms with E-state index < -0.39 is 0 Å². The Morgan fingerprint density at radius 1 is 1.16 bits per heavy atom. The fourth-order valence-corrected chi connectivity index (χ4v) is 3.83. The van der Waals surface area contributed by atoms with Gasteiger partial charge in [-0.2, -0.15) is 0 Å². The SMILES string of the molecule is CN=C(NCc1ccc(N2CCCC2=O)cc1)NCC(c1ccccc1OC)N(C)C.I. The Kier molecular flexibility index (Phi) is 10.2. The van der Waals surface area contributed by atoms with Crippen molar-refractivity contribution in [3.8, 4) is 5.75 Å². The molecule has 3 rings (SSSR count). The van der Waals surface area contributed by atoms with E-state index in [0.717, 1.165) is 41.5 Å². The molecule has 1 aliphatic rings. The molecule has 7 nitrogen and oxygen atoms in total. The van der Waals surface area contributed by atoms with Crippen LogP contribution in [0.4, 0.5) is 5.69 Å². The van der Waals surface area contributed by atoms with Crippen LogP contribution in [0.3, 0.4) is 0 Å². The molecule has 1 saturated heterocycles. The van der Waals surface area contributed by atoms with Gasteiger partial charge < -0.3 is 25.2 Å². The van der Waals surface area contributed by atoms with Crippen molar-refractivity contribution in [2.24, 2.45) is 4.99 Å². The van der Waals surface area contributed by atoms with Gasteiger partial charge in [0, 0.05) is 44.4 Å². The van der Waals surface area contributed by atoms with Crippen LogP contribution in [0.2, 0.25) is 0 Å². The Morgan fingerprint density at radius 2 is 1.88 bits per heavy atom. The summed E-state index contributed by atoms with van der Waals surface area (Å²) in [5.74, 6) is 1.82. The molecule has 1 aliphatic heterocycles. The van der Waals surface area contributed by atoms with Crippen molar-refractivity contribution in [1.82, 2.24) is 15.5 Å². The fourth-order valence-electron chi connectivity index (χ4n) is 3.83. The highest BCUT2D eigenvalue weighted by molar-refractivity contribution is 14.0. The number of benzene rings is 2. The van der Waals surface area contributed by atoms with Crippen molar-refractivity contribution in [2.75, 3.05) is 46.2 Å². The number of halogens is 1. The first kappa shape index (κ1) is 25.9. The third kappa shape index (κ3) is 6.59. The summed E-state index contributed by atoms with van der Waals surface area (Å²) in [5, 5.41) is 6.79. The number of nitrogens with one attached hydrogen (secondary N) is 2. The average Bonchev–Trinajstić information content (AvgIpc) is 3.22. The van der Waals surface area contributed by atoms with E-state index >= 15 is 0 Å². The molecule has 1 amide bonds. The van der Waals surface area contributed by atoms with Crippen LogP contribution in [0, 0.1) is 0 Å². The van der Waals surface area contributed by atoms with E-state index in [0.29, 0.717) is 19.5 Å². The van der Waals surface area contributed by atoms with E-state index in [4.69, 9.17) is 4.74 Å². The number of methoxy groups -OCH3 is 1. The average molecular weight is 551 g/mol. The number of anilines is 1. The second kappa shape index (κ2) is 12.6. The van der Waals surface area contributed by atoms with Crippen LogP contribution in [-0.4, -0.2) is 58.1 Å². The van der Waals surface area contributed by atoms with Crippen LogP contribution in [0.1, 0.15) is 30.0 Å². The molecule has 0 bridgehead atoms. The summed E-state index contributed by atoms with van der Waals surface area (Å²) < 4.78 is 5.54. The van der Waals surface area contributed by atoms with Gasteiger partial charge in [-0.25, -0.2) is 0 Å². The molecule has 0 radical (unpaired) electrons. The van der Waals surface area contributed by atoms with E-state index in [1.807, 2.05) is 35.2 Å². The van der Waals surface area contributed by atoms with Crippen LogP contribution in [0.25, 0.3) is 0 Å². The molecule has 1 unspecified atom stereocenters. The molecule has 174 valence electrons. The van der Waals surface area contributed by atoms with Crippen molar-refractivity contribution in [2.45, 2.75) is 25.4 Å². The molecule has 0 aromatic heterocycles. The van der Waals surface area contributed by atoms with Gasteiger partial charge in [0.25, 0.3) is 0 Å². The molecule has 2 N–H and O–H groups in total. The number of carbonyl (C=O) groups is 1. The molecule has 2 aromatic carbocycles. The third-order valence-electron chi connectivity index (χ3n) is 5.59.